The maximum Gasteiger partial charge on any atom is 0.244 e. The van der Waals surface area contributed by atoms with Gasteiger partial charge in [-0.25, -0.2) is 8.42 Å². The van der Waals surface area contributed by atoms with E-state index in [2.05, 4.69) is 12.2 Å². The first-order valence-corrected chi connectivity index (χ1v) is 13.2. The highest BCUT2D eigenvalue weighted by atomic mass is 32.2. The third-order valence-corrected chi connectivity index (χ3v) is 8.84. The van der Waals surface area contributed by atoms with Crippen LogP contribution in [0.25, 0.3) is 0 Å². The zero-order valence-electron chi connectivity index (χ0n) is 20.5. The van der Waals surface area contributed by atoms with E-state index in [1.165, 1.54) is 22.2 Å². The molecule has 0 aliphatic carbocycles. The van der Waals surface area contributed by atoms with Crippen LogP contribution in [-0.4, -0.2) is 50.0 Å². The normalized spacial score (nSPS) is 18.4. The summed E-state index contributed by atoms with van der Waals surface area (Å²) in [5.41, 5.74) is 1.07. The highest BCUT2D eigenvalue weighted by Gasteiger charge is 2.45. The van der Waals surface area contributed by atoms with E-state index in [0.29, 0.717) is 41.5 Å². The molecule has 2 amide bonds. The fourth-order valence-corrected chi connectivity index (χ4v) is 6.16. The molecule has 1 fully saturated rings. The molecule has 0 bridgehead atoms. The molecule has 1 saturated heterocycles. The molecule has 186 valence electrons. The molecular weight excluding hydrogens is 466 g/mol. The van der Waals surface area contributed by atoms with Gasteiger partial charge in [-0.3, -0.25) is 14.4 Å². The van der Waals surface area contributed by atoms with Gasteiger partial charge in [0.05, 0.1) is 10.3 Å². The lowest BCUT2D eigenvalue weighted by molar-refractivity contribution is -0.124. The zero-order chi connectivity index (χ0) is 25.5. The number of carbonyl (C=O) groups is 3. The largest absolute Gasteiger partial charge is 0.325 e. The molecule has 2 aliphatic rings. The zero-order valence-corrected chi connectivity index (χ0v) is 21.3. The summed E-state index contributed by atoms with van der Waals surface area (Å²) in [6.45, 7) is 7.79. The van der Waals surface area contributed by atoms with Gasteiger partial charge in [-0.1, -0.05) is 19.1 Å². The average molecular weight is 498 g/mol. The molecule has 4 rings (SSSR count). The number of hydrogen-bond acceptors (Lipinski definition) is 5. The molecule has 8 nitrogen and oxygen atoms in total. The minimum atomic E-state index is -3.67. The number of Topliss-reactive ketones (excluding diaryl/α,β-unsaturated/α-hetero) is 1. The van der Waals surface area contributed by atoms with Crippen molar-refractivity contribution in [1.82, 2.24) is 4.31 Å². The monoisotopic (exact) mass is 497 g/mol. The van der Waals surface area contributed by atoms with Crippen molar-refractivity contribution in [1.29, 1.82) is 0 Å². The van der Waals surface area contributed by atoms with Crippen molar-refractivity contribution >= 4 is 39.0 Å². The fourth-order valence-electron chi connectivity index (χ4n) is 4.66. The Hall–Kier alpha value is -3.04. The summed E-state index contributed by atoms with van der Waals surface area (Å²) in [5.74, 6) is -0.303. The third-order valence-electron chi connectivity index (χ3n) is 6.95. The highest BCUT2D eigenvalue weighted by Crippen LogP contribution is 2.43. The molecule has 2 aromatic rings. The molecule has 0 spiro atoms. The SMILES string of the molecule is CC(=O)c1cccc(NC(=O)CN2C(=O)C(C)(C)c3cc(S(=O)(=O)N4CCC(C)CC4)ccc32)c1. The number of carbonyl (C=O) groups excluding carboxylic acids is 3. The third kappa shape index (κ3) is 4.75. The number of nitrogens with one attached hydrogen (secondary N) is 1. The Kier molecular flexibility index (Phi) is 6.59. The highest BCUT2D eigenvalue weighted by molar-refractivity contribution is 7.89. The maximum absolute atomic E-state index is 13.3. The summed E-state index contributed by atoms with van der Waals surface area (Å²) >= 11 is 0. The first-order chi connectivity index (χ1) is 16.4. The van der Waals surface area contributed by atoms with Crippen LogP contribution in [0.1, 0.15) is 56.5 Å². The Labute approximate surface area is 206 Å². The van der Waals surface area contributed by atoms with Crippen molar-refractivity contribution in [2.24, 2.45) is 5.92 Å². The molecule has 1 N–H and O–H groups in total. The second-order valence-electron chi connectivity index (χ2n) is 9.97. The Balaban J connectivity index is 1.57. The lowest BCUT2D eigenvalue weighted by atomic mass is 9.86. The summed E-state index contributed by atoms with van der Waals surface area (Å²) in [6, 6.07) is 11.3. The van der Waals surface area contributed by atoms with Gasteiger partial charge in [0, 0.05) is 30.0 Å². The van der Waals surface area contributed by atoms with Gasteiger partial charge >= 0.3 is 0 Å². The van der Waals surface area contributed by atoms with Gasteiger partial charge in [0.25, 0.3) is 0 Å². The molecule has 0 atom stereocenters. The first-order valence-electron chi connectivity index (χ1n) is 11.8. The number of fused-ring (bicyclic) bond motifs is 1. The van der Waals surface area contributed by atoms with Crippen LogP contribution < -0.4 is 10.2 Å². The van der Waals surface area contributed by atoms with E-state index >= 15 is 0 Å². The van der Waals surface area contributed by atoms with Crippen LogP contribution >= 0.6 is 0 Å². The number of piperidine rings is 1. The number of rotatable bonds is 6. The summed E-state index contributed by atoms with van der Waals surface area (Å²) < 4.78 is 28.0. The van der Waals surface area contributed by atoms with Gasteiger partial charge in [0.15, 0.2) is 5.78 Å². The predicted octanol–water partition coefficient (Wildman–Crippen LogP) is 3.57. The summed E-state index contributed by atoms with van der Waals surface area (Å²) in [7, 11) is -3.67. The van der Waals surface area contributed by atoms with Crippen LogP contribution in [0.3, 0.4) is 0 Å². The molecule has 2 aliphatic heterocycles. The topological polar surface area (TPSA) is 104 Å². The number of benzene rings is 2. The van der Waals surface area contributed by atoms with Gasteiger partial charge < -0.3 is 10.2 Å². The molecule has 2 aromatic carbocycles. The van der Waals surface area contributed by atoms with Crippen LogP contribution in [-0.2, 0) is 25.0 Å². The van der Waals surface area contributed by atoms with E-state index in [9.17, 15) is 22.8 Å². The number of sulfonamides is 1. The van der Waals surface area contributed by atoms with Crippen LogP contribution in [0.2, 0.25) is 0 Å². The van der Waals surface area contributed by atoms with E-state index in [1.54, 1.807) is 50.2 Å². The molecule has 0 aromatic heterocycles. The van der Waals surface area contributed by atoms with Gasteiger partial charge in [-0.15, -0.1) is 0 Å². The standard InChI is InChI=1S/C26H31N3O5S/c1-17-10-12-28(13-11-17)35(33,34)21-8-9-23-22(15-21)26(3,4)25(32)29(23)16-24(31)27-20-7-5-6-19(14-20)18(2)30/h5-9,14-15,17H,10-13,16H2,1-4H3,(H,27,31). The summed E-state index contributed by atoms with van der Waals surface area (Å²) in [6.07, 6.45) is 1.65. The minimum Gasteiger partial charge on any atom is -0.325 e. The van der Waals surface area contributed by atoms with Gasteiger partial charge in [-0.2, -0.15) is 4.31 Å². The summed E-state index contributed by atoms with van der Waals surface area (Å²) in [5, 5.41) is 2.74. The number of hydrogen-bond donors (Lipinski definition) is 1. The lowest BCUT2D eigenvalue weighted by Gasteiger charge is -2.29. The van der Waals surface area contributed by atoms with Crippen molar-refractivity contribution in [3.8, 4) is 0 Å². The van der Waals surface area contributed by atoms with E-state index in [-0.39, 0.29) is 23.1 Å². The minimum absolute atomic E-state index is 0.115. The fraction of sp³-hybridized carbons (Fsp3) is 0.423. The molecular formula is C26H31N3O5S. The second-order valence-corrected chi connectivity index (χ2v) is 11.9. The van der Waals surface area contributed by atoms with E-state index < -0.39 is 21.3 Å². The van der Waals surface area contributed by atoms with E-state index in [1.807, 2.05) is 0 Å². The Morgan fingerprint density at radius 2 is 1.77 bits per heavy atom. The van der Waals surface area contributed by atoms with Crippen molar-refractivity contribution in [3.63, 3.8) is 0 Å². The summed E-state index contributed by atoms with van der Waals surface area (Å²) in [4.78, 5) is 39.2. The van der Waals surface area contributed by atoms with Gasteiger partial charge in [-0.05, 0) is 75.4 Å². The number of amides is 2. The van der Waals surface area contributed by atoms with Crippen molar-refractivity contribution in [3.05, 3.63) is 53.6 Å². The van der Waals surface area contributed by atoms with E-state index in [0.717, 1.165) is 12.8 Å². The molecule has 35 heavy (non-hydrogen) atoms. The Morgan fingerprint density at radius 1 is 1.09 bits per heavy atom. The van der Waals surface area contributed by atoms with Crippen molar-refractivity contribution in [2.75, 3.05) is 29.9 Å². The number of anilines is 2. The van der Waals surface area contributed by atoms with E-state index in [4.69, 9.17) is 0 Å². The van der Waals surface area contributed by atoms with Crippen LogP contribution in [0.15, 0.2) is 47.4 Å². The Bertz CT molecular complexity index is 1290. The molecule has 0 radical (unpaired) electrons. The van der Waals surface area contributed by atoms with Gasteiger partial charge in [0.1, 0.15) is 6.54 Å². The van der Waals surface area contributed by atoms with Crippen LogP contribution in [0.5, 0.6) is 0 Å². The van der Waals surface area contributed by atoms with Crippen LogP contribution in [0, 0.1) is 5.92 Å². The Morgan fingerprint density at radius 3 is 2.43 bits per heavy atom. The lowest BCUT2D eigenvalue weighted by Crippen LogP contribution is -2.40. The average Bonchev–Trinajstić information content (AvgIpc) is 2.99. The first kappa shape index (κ1) is 25.1. The molecule has 0 unspecified atom stereocenters. The predicted molar refractivity (Wildman–Crippen MR) is 134 cm³/mol. The number of nitrogens with zero attached hydrogens (tertiary/aromatic N) is 2. The quantitative estimate of drug-likeness (QED) is 0.615. The molecule has 9 heteroatoms. The maximum atomic E-state index is 13.3. The molecule has 2 heterocycles. The van der Waals surface area contributed by atoms with Crippen molar-refractivity contribution < 1.29 is 22.8 Å². The van der Waals surface area contributed by atoms with Crippen LogP contribution in [0.4, 0.5) is 11.4 Å². The smallest absolute Gasteiger partial charge is 0.244 e. The number of ketones is 1. The van der Waals surface area contributed by atoms with Crippen molar-refractivity contribution in [2.45, 2.75) is 50.8 Å². The molecule has 0 saturated carbocycles. The van der Waals surface area contributed by atoms with Gasteiger partial charge in [0.2, 0.25) is 21.8 Å². The second kappa shape index (κ2) is 9.20.